The van der Waals surface area contributed by atoms with Crippen LogP contribution >= 0.6 is 35.2 Å². The number of thioether (sulfide) groups is 1. The highest BCUT2D eigenvalue weighted by molar-refractivity contribution is 8.13. The van der Waals surface area contributed by atoms with Gasteiger partial charge >= 0.3 is 23.5 Å². The average molecular weight is 990 g/mol. The molecule has 8 atom stereocenters. The van der Waals surface area contributed by atoms with Gasteiger partial charge in [0.1, 0.15) is 36.3 Å². The van der Waals surface area contributed by atoms with Crippen LogP contribution in [0.4, 0.5) is 5.82 Å². The van der Waals surface area contributed by atoms with E-state index < -0.39 is 90.7 Å². The van der Waals surface area contributed by atoms with Gasteiger partial charge in [0.05, 0.1) is 25.6 Å². The summed E-state index contributed by atoms with van der Waals surface area (Å²) in [7, 11) is -16.4. The van der Waals surface area contributed by atoms with E-state index in [-0.39, 0.29) is 53.8 Å². The van der Waals surface area contributed by atoms with Crippen molar-refractivity contribution in [2.24, 2.45) is 5.41 Å². The number of unbranched alkanes of at least 4 members (excludes halogenated alkanes) is 3. The van der Waals surface area contributed by atoms with Crippen LogP contribution in [0.2, 0.25) is 0 Å². The number of allylic oxidation sites excluding steroid dienone is 3. The Morgan fingerprint density at radius 2 is 1.70 bits per heavy atom. The zero-order chi connectivity index (χ0) is 47.7. The topological polar surface area (TPSA) is 384 Å². The second-order valence-electron chi connectivity index (χ2n) is 15.1. The van der Waals surface area contributed by atoms with Gasteiger partial charge in [0, 0.05) is 37.1 Å². The molecule has 2 aromatic heterocycles. The quantitative estimate of drug-likeness (QED) is 0.0316. The summed E-state index contributed by atoms with van der Waals surface area (Å²) >= 11 is 0.960. The number of hydrogen-bond donors (Lipinski definition) is 10. The smallest absolute Gasteiger partial charge is 0.392 e. The lowest BCUT2D eigenvalue weighted by Crippen LogP contribution is -2.46. The van der Waals surface area contributed by atoms with Gasteiger partial charge in [-0.1, -0.05) is 69.7 Å². The third kappa shape index (κ3) is 19.1. The molecule has 64 heavy (non-hydrogen) atoms. The molecule has 11 N–H and O–H groups in total. The first kappa shape index (κ1) is 55.3. The van der Waals surface area contributed by atoms with Crippen LogP contribution < -0.4 is 16.4 Å². The maximum atomic E-state index is 12.7. The van der Waals surface area contributed by atoms with E-state index in [1.807, 2.05) is 12.2 Å². The summed E-state index contributed by atoms with van der Waals surface area (Å²) in [6.07, 6.45) is 5.77. The number of rotatable bonds is 29. The number of aliphatic hydroxyl groups is 3. The lowest BCUT2D eigenvalue weighted by molar-refractivity contribution is -0.137. The second-order valence-corrected chi connectivity index (χ2v) is 20.4. The molecule has 0 radical (unpaired) electrons. The maximum absolute atomic E-state index is 12.7. The molecular formula is C35H58N7O18P3S. The molecule has 3 heterocycles. The van der Waals surface area contributed by atoms with Crippen LogP contribution in [0, 0.1) is 5.41 Å². The summed E-state index contributed by atoms with van der Waals surface area (Å²) < 4.78 is 62.3. The highest BCUT2D eigenvalue weighted by Gasteiger charge is 2.50. The molecule has 362 valence electrons. The van der Waals surface area contributed by atoms with E-state index >= 15 is 0 Å². The normalized spacial score (nSPS) is 21.2. The number of fused-ring (bicyclic) bond motifs is 1. The molecule has 0 aromatic carbocycles. The first-order valence-electron chi connectivity index (χ1n) is 20.0. The van der Waals surface area contributed by atoms with E-state index in [0.717, 1.165) is 48.2 Å². The number of anilines is 1. The van der Waals surface area contributed by atoms with Gasteiger partial charge in [-0.05, 0) is 25.7 Å². The van der Waals surface area contributed by atoms with Crippen LogP contribution in [-0.2, 0) is 50.7 Å². The average Bonchev–Trinajstić information content (AvgIpc) is 3.76. The fraction of sp³-hybridized carbons (Fsp3) is 0.657. The molecule has 1 aliphatic heterocycles. The highest BCUT2D eigenvalue weighted by atomic mass is 32.2. The molecule has 1 aliphatic rings. The largest absolute Gasteiger partial charge is 0.481 e. The number of aliphatic hydroxyl groups excluding tert-OH is 3. The Kier molecular flexibility index (Phi) is 22.3. The first-order valence-corrected chi connectivity index (χ1v) is 25.5. The van der Waals surface area contributed by atoms with Crippen molar-refractivity contribution < 1.29 is 85.6 Å². The van der Waals surface area contributed by atoms with Crippen molar-refractivity contribution in [3.8, 4) is 0 Å². The van der Waals surface area contributed by atoms with Crippen molar-refractivity contribution >= 4 is 69.1 Å². The number of phosphoric ester groups is 3. The Labute approximate surface area is 373 Å². The molecule has 0 bridgehead atoms. The van der Waals surface area contributed by atoms with Crippen molar-refractivity contribution in [1.29, 1.82) is 0 Å². The number of carbonyl (C=O) groups is 3. The lowest BCUT2D eigenvalue weighted by Gasteiger charge is -2.30. The molecule has 0 spiro atoms. The number of nitrogens with two attached hydrogens (primary N) is 1. The number of amides is 2. The van der Waals surface area contributed by atoms with E-state index in [9.17, 15) is 63.0 Å². The van der Waals surface area contributed by atoms with E-state index in [0.29, 0.717) is 6.42 Å². The number of hydrogen-bond acceptors (Lipinski definition) is 19. The van der Waals surface area contributed by atoms with Crippen LogP contribution in [0.5, 0.6) is 0 Å². The standard InChI is InChI=1S/C35H58N7O18P3S/c1-4-5-6-7-8-9-10-11-12-13-23(43)18-26(45)64-17-16-37-25(44)14-15-38-33(48)30(47)35(2,3)20-57-63(54,55)60-62(52,53)56-19-24-29(59-61(49,50)51)28(46)34(58-24)42-22-41-27-31(36)39-21-40-32(27)42/h8-9,11-12,21-24,28-30,34,43,46-47H,4-7,10,13-20H2,1-3H3,(H,37,44)(H,38,48)(H,52,53)(H,54,55)(H2,36,39,40)(H2,49,50,51)/b9-8+,12-11+/t23?,24-,28-,29-,30+,34-/m1/s1. The summed E-state index contributed by atoms with van der Waals surface area (Å²) in [5.74, 6) is -1.27. The minimum absolute atomic E-state index is 0.0256. The van der Waals surface area contributed by atoms with Crippen LogP contribution in [0.15, 0.2) is 37.0 Å². The monoisotopic (exact) mass is 989 g/mol. The fourth-order valence-electron chi connectivity index (χ4n) is 5.78. The van der Waals surface area contributed by atoms with Gasteiger partial charge in [0.2, 0.25) is 11.8 Å². The van der Waals surface area contributed by atoms with E-state index in [1.165, 1.54) is 26.7 Å². The van der Waals surface area contributed by atoms with Gasteiger partial charge in [-0.15, -0.1) is 0 Å². The van der Waals surface area contributed by atoms with Crippen molar-refractivity contribution in [2.45, 2.75) is 109 Å². The van der Waals surface area contributed by atoms with Crippen LogP contribution in [0.1, 0.15) is 78.4 Å². The van der Waals surface area contributed by atoms with Gasteiger partial charge in [0.25, 0.3) is 0 Å². The first-order chi connectivity index (χ1) is 29.9. The van der Waals surface area contributed by atoms with Crippen LogP contribution in [0.3, 0.4) is 0 Å². The molecule has 0 saturated carbocycles. The molecule has 3 unspecified atom stereocenters. The minimum Gasteiger partial charge on any atom is -0.392 e. The Morgan fingerprint density at radius 3 is 2.41 bits per heavy atom. The Hall–Kier alpha value is -3.00. The molecule has 2 amide bonds. The summed E-state index contributed by atoms with van der Waals surface area (Å²) in [6.45, 7) is 2.50. The lowest BCUT2D eigenvalue weighted by atomic mass is 9.87. The van der Waals surface area contributed by atoms with Gasteiger partial charge in [-0.2, -0.15) is 4.31 Å². The number of carbonyl (C=O) groups excluding carboxylic acids is 3. The Balaban J connectivity index is 1.38. The van der Waals surface area contributed by atoms with Crippen molar-refractivity contribution in [2.75, 3.05) is 37.8 Å². The van der Waals surface area contributed by atoms with E-state index in [1.54, 1.807) is 0 Å². The summed E-state index contributed by atoms with van der Waals surface area (Å²) in [5.41, 5.74) is 4.24. The maximum Gasteiger partial charge on any atom is 0.481 e. The van der Waals surface area contributed by atoms with Gasteiger partial charge in [-0.25, -0.2) is 28.6 Å². The van der Waals surface area contributed by atoms with Gasteiger partial charge in [-0.3, -0.25) is 32.5 Å². The summed E-state index contributed by atoms with van der Waals surface area (Å²) in [4.78, 5) is 88.1. The highest BCUT2D eigenvalue weighted by Crippen LogP contribution is 2.61. The number of aromatic nitrogens is 4. The molecule has 3 rings (SSSR count). The third-order valence-corrected chi connectivity index (χ3v) is 13.2. The van der Waals surface area contributed by atoms with Gasteiger partial charge in [0.15, 0.2) is 22.8 Å². The Morgan fingerprint density at radius 1 is 1.00 bits per heavy atom. The molecule has 25 nitrogen and oxygen atoms in total. The van der Waals surface area contributed by atoms with Gasteiger partial charge < -0.3 is 56.0 Å². The van der Waals surface area contributed by atoms with Crippen molar-refractivity contribution in [3.05, 3.63) is 37.0 Å². The van der Waals surface area contributed by atoms with Crippen molar-refractivity contribution in [1.82, 2.24) is 30.2 Å². The number of nitrogens with zero attached hydrogens (tertiary/aromatic N) is 4. The van der Waals surface area contributed by atoms with Crippen LogP contribution in [0.25, 0.3) is 11.2 Å². The molecule has 1 fully saturated rings. The zero-order valence-corrected chi connectivity index (χ0v) is 38.9. The zero-order valence-electron chi connectivity index (χ0n) is 35.4. The molecule has 29 heteroatoms. The minimum atomic E-state index is -5.59. The van der Waals surface area contributed by atoms with Crippen molar-refractivity contribution in [3.63, 3.8) is 0 Å². The third-order valence-electron chi connectivity index (χ3n) is 9.16. The number of ether oxygens (including phenoxy) is 1. The van der Waals surface area contributed by atoms with E-state index in [4.69, 9.17) is 19.5 Å². The molecule has 0 aliphatic carbocycles. The molecular weight excluding hydrogens is 931 g/mol. The summed E-state index contributed by atoms with van der Waals surface area (Å²) in [5, 5.41) is 36.3. The number of phosphoric acid groups is 3. The van der Waals surface area contributed by atoms with E-state index in [2.05, 4.69) is 53.5 Å². The number of nitrogens with one attached hydrogen (secondary N) is 2. The second kappa shape index (κ2) is 25.8. The SMILES string of the molecule is CCCCC/C=C/C/C=C/CC(O)CC(=O)SCCNC(=O)CCNC(=O)[C@H](O)C(C)(C)COP(=O)(O)OP(=O)(O)OC[C@H]1O[C@@H](n2cnc3c(N)ncnc32)[C@H](O)[C@@H]1OP(=O)(O)O. The predicted molar refractivity (Wildman–Crippen MR) is 229 cm³/mol. The fourth-order valence-corrected chi connectivity index (χ4v) is 9.36. The predicted octanol–water partition coefficient (Wildman–Crippen LogP) is 1.89. The Bertz CT molecular complexity index is 2060. The van der Waals surface area contributed by atoms with Crippen LogP contribution in [-0.4, -0.2) is 134 Å². The summed E-state index contributed by atoms with van der Waals surface area (Å²) in [6, 6.07) is 0. The number of nitrogen functional groups attached to an aromatic ring is 1. The molecule has 1 saturated heterocycles. The number of imidazole rings is 1. The molecule has 2 aromatic rings.